The van der Waals surface area contributed by atoms with Crippen LogP contribution in [0.2, 0.25) is 0 Å². The number of carbonyl (C=O) groups excluding carboxylic acids is 1. The van der Waals surface area contributed by atoms with E-state index in [2.05, 4.69) is 15.2 Å². The molecule has 1 fully saturated rings. The zero-order valence-electron chi connectivity index (χ0n) is 16.1. The van der Waals surface area contributed by atoms with Crippen LogP contribution in [0.5, 0.6) is 0 Å². The second-order valence-electron chi connectivity index (χ2n) is 6.87. The third-order valence-electron chi connectivity index (χ3n) is 4.95. The number of nitrogens with one attached hydrogen (secondary N) is 1. The monoisotopic (exact) mass is 431 g/mol. The average Bonchev–Trinajstić information content (AvgIpc) is 3.39. The van der Waals surface area contributed by atoms with Crippen LogP contribution in [0.15, 0.2) is 41.1 Å². The number of hydrogen-bond donors (Lipinski definition) is 1. The van der Waals surface area contributed by atoms with Crippen molar-refractivity contribution in [1.29, 1.82) is 0 Å². The van der Waals surface area contributed by atoms with Crippen molar-refractivity contribution in [3.63, 3.8) is 0 Å². The first kappa shape index (κ1) is 20.2. The summed E-state index contributed by atoms with van der Waals surface area (Å²) in [6.45, 7) is 5.02. The Labute approximate surface area is 177 Å². The van der Waals surface area contributed by atoms with E-state index in [1.54, 1.807) is 23.5 Å². The van der Waals surface area contributed by atoms with Crippen LogP contribution in [0.4, 0.5) is 4.39 Å². The van der Waals surface area contributed by atoms with Crippen molar-refractivity contribution in [2.75, 3.05) is 32.8 Å². The van der Waals surface area contributed by atoms with Crippen LogP contribution in [0.25, 0.3) is 10.6 Å². The van der Waals surface area contributed by atoms with Crippen LogP contribution < -0.4 is 5.32 Å². The number of rotatable bonds is 6. The Bertz CT molecular complexity index is 968. The normalized spacial score (nSPS) is 15.9. The molecule has 4 rings (SSSR count). The molecular formula is C21H22FN3O2S2. The standard InChI is InChI=1S/C21H22FN3O2S2/c1-14-19(29-21(24-14)16-5-10-28-13-16)20(26)23-12-18(25-6-8-27-9-7-25)15-3-2-4-17(22)11-15/h2-5,10-11,13,18H,6-9,12H2,1H3,(H,23,26). The van der Waals surface area contributed by atoms with E-state index in [-0.39, 0.29) is 17.8 Å². The Morgan fingerprint density at radius 3 is 2.90 bits per heavy atom. The van der Waals surface area contributed by atoms with Crippen molar-refractivity contribution in [3.8, 4) is 10.6 Å². The zero-order valence-corrected chi connectivity index (χ0v) is 17.7. The molecule has 0 bridgehead atoms. The van der Waals surface area contributed by atoms with Crippen LogP contribution in [-0.4, -0.2) is 48.6 Å². The highest BCUT2D eigenvalue weighted by Gasteiger charge is 2.25. The first-order valence-corrected chi connectivity index (χ1v) is 11.2. The Hall–Kier alpha value is -2.13. The third kappa shape index (κ3) is 4.72. The van der Waals surface area contributed by atoms with Gasteiger partial charge in [0.05, 0.1) is 24.9 Å². The fraction of sp³-hybridized carbons (Fsp3) is 0.333. The molecule has 1 unspecified atom stereocenters. The smallest absolute Gasteiger partial charge is 0.263 e. The molecule has 2 aromatic heterocycles. The van der Waals surface area contributed by atoms with Crippen LogP contribution in [0.3, 0.4) is 0 Å². The van der Waals surface area contributed by atoms with Crippen LogP contribution in [0.1, 0.15) is 27.0 Å². The molecular weight excluding hydrogens is 409 g/mol. The summed E-state index contributed by atoms with van der Waals surface area (Å²) in [5.74, 6) is -0.415. The Morgan fingerprint density at radius 2 is 2.17 bits per heavy atom. The number of halogens is 1. The summed E-state index contributed by atoms with van der Waals surface area (Å²) in [6.07, 6.45) is 0. The van der Waals surface area contributed by atoms with Crippen molar-refractivity contribution in [1.82, 2.24) is 15.2 Å². The van der Waals surface area contributed by atoms with E-state index >= 15 is 0 Å². The summed E-state index contributed by atoms with van der Waals surface area (Å²) in [5.41, 5.74) is 2.61. The number of nitrogens with zero attached hydrogens (tertiary/aromatic N) is 2. The van der Waals surface area contributed by atoms with E-state index in [4.69, 9.17) is 4.74 Å². The molecule has 1 aliphatic rings. The van der Waals surface area contributed by atoms with E-state index in [0.29, 0.717) is 24.6 Å². The van der Waals surface area contributed by atoms with E-state index in [0.717, 1.165) is 34.9 Å². The minimum atomic E-state index is -0.272. The Morgan fingerprint density at radius 1 is 1.34 bits per heavy atom. The number of carbonyl (C=O) groups is 1. The number of hydrogen-bond acceptors (Lipinski definition) is 6. The number of aromatic nitrogens is 1. The molecule has 1 aromatic carbocycles. The maximum absolute atomic E-state index is 13.8. The van der Waals surface area contributed by atoms with Crippen LogP contribution >= 0.6 is 22.7 Å². The second kappa shape index (κ2) is 9.13. The molecule has 1 amide bonds. The fourth-order valence-corrected chi connectivity index (χ4v) is 5.14. The highest BCUT2D eigenvalue weighted by atomic mass is 32.1. The molecule has 29 heavy (non-hydrogen) atoms. The van der Waals surface area contributed by atoms with Crippen LogP contribution in [0, 0.1) is 12.7 Å². The van der Waals surface area contributed by atoms with Gasteiger partial charge in [-0.25, -0.2) is 9.37 Å². The average molecular weight is 432 g/mol. The summed E-state index contributed by atoms with van der Waals surface area (Å²) in [6, 6.07) is 8.48. The first-order chi connectivity index (χ1) is 14.1. The van der Waals surface area contributed by atoms with Gasteiger partial charge in [-0.2, -0.15) is 11.3 Å². The molecule has 1 atom stereocenters. The van der Waals surface area contributed by atoms with E-state index in [1.165, 1.54) is 17.4 Å². The molecule has 0 spiro atoms. The molecule has 1 saturated heterocycles. The highest BCUT2D eigenvalue weighted by molar-refractivity contribution is 7.17. The molecule has 0 radical (unpaired) electrons. The molecule has 1 aliphatic heterocycles. The van der Waals surface area contributed by atoms with Gasteiger partial charge in [0.25, 0.3) is 5.91 Å². The van der Waals surface area contributed by atoms with Gasteiger partial charge in [-0.1, -0.05) is 12.1 Å². The number of ether oxygens (including phenoxy) is 1. The van der Waals surface area contributed by atoms with Gasteiger partial charge in [0.15, 0.2) is 0 Å². The lowest BCUT2D eigenvalue weighted by molar-refractivity contribution is 0.0162. The van der Waals surface area contributed by atoms with Gasteiger partial charge in [-0.15, -0.1) is 11.3 Å². The second-order valence-corrected chi connectivity index (χ2v) is 8.65. The van der Waals surface area contributed by atoms with Crippen molar-refractivity contribution in [2.24, 2.45) is 0 Å². The van der Waals surface area contributed by atoms with E-state index in [9.17, 15) is 9.18 Å². The Balaban J connectivity index is 1.50. The maximum Gasteiger partial charge on any atom is 0.263 e. The van der Waals surface area contributed by atoms with Crippen molar-refractivity contribution >= 4 is 28.6 Å². The molecule has 3 heterocycles. The lowest BCUT2D eigenvalue weighted by Gasteiger charge is -2.34. The predicted molar refractivity (Wildman–Crippen MR) is 114 cm³/mol. The lowest BCUT2D eigenvalue weighted by Crippen LogP contribution is -2.43. The SMILES string of the molecule is Cc1nc(-c2ccsc2)sc1C(=O)NCC(c1cccc(F)c1)N1CCOCC1. The predicted octanol–water partition coefficient (Wildman–Crippen LogP) is 4.12. The van der Waals surface area contributed by atoms with Crippen molar-refractivity contribution in [3.05, 3.63) is 63.0 Å². The zero-order chi connectivity index (χ0) is 20.2. The van der Waals surface area contributed by atoms with Crippen molar-refractivity contribution in [2.45, 2.75) is 13.0 Å². The maximum atomic E-state index is 13.8. The summed E-state index contributed by atoms with van der Waals surface area (Å²) >= 11 is 3.01. The number of aryl methyl sites for hydroxylation is 1. The van der Waals surface area contributed by atoms with Crippen LogP contribution in [-0.2, 0) is 4.74 Å². The van der Waals surface area contributed by atoms with Crippen molar-refractivity contribution < 1.29 is 13.9 Å². The van der Waals surface area contributed by atoms with Gasteiger partial charge in [0.2, 0.25) is 0 Å². The number of morpholine rings is 1. The molecule has 5 nitrogen and oxygen atoms in total. The summed E-state index contributed by atoms with van der Waals surface area (Å²) in [7, 11) is 0. The topological polar surface area (TPSA) is 54.5 Å². The fourth-order valence-electron chi connectivity index (χ4n) is 3.45. The van der Waals surface area contributed by atoms with Gasteiger partial charge in [-0.3, -0.25) is 9.69 Å². The summed E-state index contributed by atoms with van der Waals surface area (Å²) < 4.78 is 19.3. The molecule has 8 heteroatoms. The molecule has 1 N–H and O–H groups in total. The number of amides is 1. The molecule has 152 valence electrons. The largest absolute Gasteiger partial charge is 0.379 e. The quantitative estimate of drug-likeness (QED) is 0.638. The molecule has 3 aromatic rings. The summed E-state index contributed by atoms with van der Waals surface area (Å²) in [4.78, 5) is 20.3. The highest BCUT2D eigenvalue weighted by Crippen LogP contribution is 2.29. The van der Waals surface area contributed by atoms with E-state index in [1.807, 2.05) is 29.8 Å². The number of thiazole rings is 1. The minimum absolute atomic E-state index is 0.108. The third-order valence-corrected chi connectivity index (χ3v) is 6.84. The van der Waals surface area contributed by atoms with Gasteiger partial charge < -0.3 is 10.1 Å². The molecule has 0 saturated carbocycles. The summed E-state index contributed by atoms with van der Waals surface area (Å²) in [5, 5.41) is 7.92. The van der Waals surface area contributed by atoms with Gasteiger partial charge in [0.1, 0.15) is 15.7 Å². The van der Waals surface area contributed by atoms with Gasteiger partial charge in [0, 0.05) is 30.6 Å². The number of thiophene rings is 1. The van der Waals surface area contributed by atoms with Gasteiger partial charge >= 0.3 is 0 Å². The van der Waals surface area contributed by atoms with E-state index < -0.39 is 0 Å². The number of benzene rings is 1. The molecule has 0 aliphatic carbocycles. The first-order valence-electron chi connectivity index (χ1n) is 9.47. The lowest BCUT2D eigenvalue weighted by atomic mass is 10.0. The Kier molecular flexibility index (Phi) is 6.34. The van der Waals surface area contributed by atoms with Gasteiger partial charge in [-0.05, 0) is 36.1 Å². The minimum Gasteiger partial charge on any atom is -0.379 e.